The molecule has 0 saturated carbocycles. The van der Waals surface area contributed by atoms with E-state index in [4.69, 9.17) is 0 Å². The lowest BCUT2D eigenvalue weighted by Gasteiger charge is -2.14. The highest BCUT2D eigenvalue weighted by Gasteiger charge is 2.05. The van der Waals surface area contributed by atoms with Crippen molar-refractivity contribution < 1.29 is 5.11 Å². The van der Waals surface area contributed by atoms with Crippen LogP contribution in [0, 0.1) is 0 Å². The van der Waals surface area contributed by atoms with Gasteiger partial charge in [-0.1, -0.05) is 42.5 Å². The molecule has 2 heteroatoms. The van der Waals surface area contributed by atoms with E-state index in [1.807, 2.05) is 37.3 Å². The number of benzene rings is 1. The van der Waals surface area contributed by atoms with E-state index in [1.165, 1.54) is 5.56 Å². The molecule has 15 heavy (non-hydrogen) atoms. The highest BCUT2D eigenvalue weighted by Crippen LogP contribution is 2.02. The highest BCUT2D eigenvalue weighted by atomic mass is 16.3. The van der Waals surface area contributed by atoms with Gasteiger partial charge in [0, 0.05) is 12.6 Å². The molecular formula is C13H19NO. The molecule has 0 fully saturated rings. The van der Waals surface area contributed by atoms with Crippen molar-refractivity contribution in [3.8, 4) is 0 Å². The molecule has 0 aliphatic carbocycles. The average Bonchev–Trinajstić information content (AvgIpc) is 2.29. The lowest BCUT2D eigenvalue weighted by atomic mass is 10.1. The van der Waals surface area contributed by atoms with Gasteiger partial charge >= 0.3 is 0 Å². The fourth-order valence-electron chi connectivity index (χ4n) is 1.45. The molecule has 1 rings (SSSR count). The fraction of sp³-hybridized carbons (Fsp3) is 0.385. The van der Waals surface area contributed by atoms with Gasteiger partial charge in [0.05, 0.1) is 6.61 Å². The summed E-state index contributed by atoms with van der Waals surface area (Å²) in [5.74, 6) is 0. The Bertz CT molecular complexity index is 282. The third kappa shape index (κ3) is 4.77. The first kappa shape index (κ1) is 12.0. The maximum absolute atomic E-state index is 9.20. The summed E-state index contributed by atoms with van der Waals surface area (Å²) in [6.07, 6.45) is 4.92. The van der Waals surface area contributed by atoms with Gasteiger partial charge in [0.15, 0.2) is 0 Å². The number of rotatable bonds is 6. The number of nitrogens with one attached hydrogen (secondary N) is 1. The molecule has 0 saturated heterocycles. The van der Waals surface area contributed by atoms with Crippen molar-refractivity contribution in [1.29, 1.82) is 0 Å². The second kappa shape index (κ2) is 7.21. The molecule has 1 unspecified atom stereocenters. The Morgan fingerprint density at radius 1 is 1.33 bits per heavy atom. The van der Waals surface area contributed by atoms with Crippen LogP contribution in [0.5, 0.6) is 0 Å². The van der Waals surface area contributed by atoms with Gasteiger partial charge in [-0.05, 0) is 18.9 Å². The predicted molar refractivity (Wildman–Crippen MR) is 63.8 cm³/mol. The minimum absolute atomic E-state index is 0.142. The molecule has 2 nitrogen and oxygen atoms in total. The van der Waals surface area contributed by atoms with Crippen LogP contribution < -0.4 is 5.32 Å². The van der Waals surface area contributed by atoms with E-state index in [9.17, 15) is 5.11 Å². The Balaban J connectivity index is 2.40. The SMILES string of the molecule is C/C=C/CNC(CO)Cc1ccccc1. The topological polar surface area (TPSA) is 32.3 Å². The standard InChI is InChI=1S/C13H19NO/c1-2-3-9-14-13(11-15)10-12-7-5-4-6-8-12/h2-8,13-15H,9-11H2,1H3/b3-2+. The van der Waals surface area contributed by atoms with Gasteiger partial charge in [-0.25, -0.2) is 0 Å². The van der Waals surface area contributed by atoms with Crippen LogP contribution in [0.3, 0.4) is 0 Å². The molecule has 0 amide bonds. The molecular weight excluding hydrogens is 186 g/mol. The molecule has 0 aromatic heterocycles. The first-order chi connectivity index (χ1) is 7.36. The van der Waals surface area contributed by atoms with Crippen LogP contribution in [-0.4, -0.2) is 24.3 Å². The molecule has 1 atom stereocenters. The van der Waals surface area contributed by atoms with E-state index >= 15 is 0 Å². The van der Waals surface area contributed by atoms with Crippen molar-refractivity contribution >= 4 is 0 Å². The molecule has 1 aromatic rings. The first-order valence-corrected chi connectivity index (χ1v) is 5.36. The van der Waals surface area contributed by atoms with Gasteiger partial charge in [-0.2, -0.15) is 0 Å². The van der Waals surface area contributed by atoms with E-state index < -0.39 is 0 Å². The number of aliphatic hydroxyl groups excluding tert-OH is 1. The van der Waals surface area contributed by atoms with E-state index in [2.05, 4.69) is 17.4 Å². The van der Waals surface area contributed by atoms with E-state index in [0.29, 0.717) is 0 Å². The number of hydrogen-bond acceptors (Lipinski definition) is 2. The average molecular weight is 205 g/mol. The number of aliphatic hydroxyl groups is 1. The zero-order chi connectivity index (χ0) is 10.9. The van der Waals surface area contributed by atoms with Gasteiger partial charge in [-0.3, -0.25) is 0 Å². The van der Waals surface area contributed by atoms with E-state index in [1.54, 1.807) is 0 Å². The summed E-state index contributed by atoms with van der Waals surface area (Å²) in [7, 11) is 0. The summed E-state index contributed by atoms with van der Waals surface area (Å²) in [5.41, 5.74) is 1.25. The summed E-state index contributed by atoms with van der Waals surface area (Å²) < 4.78 is 0. The summed E-state index contributed by atoms with van der Waals surface area (Å²) in [6, 6.07) is 10.4. The maximum Gasteiger partial charge on any atom is 0.0587 e. The monoisotopic (exact) mass is 205 g/mol. The Morgan fingerprint density at radius 2 is 2.07 bits per heavy atom. The van der Waals surface area contributed by atoms with Crippen molar-refractivity contribution in [2.45, 2.75) is 19.4 Å². The van der Waals surface area contributed by atoms with Crippen LogP contribution in [0.1, 0.15) is 12.5 Å². The third-order valence-electron chi connectivity index (χ3n) is 2.31. The normalized spacial score (nSPS) is 13.2. The predicted octanol–water partition coefficient (Wildman–Crippen LogP) is 1.76. The Morgan fingerprint density at radius 3 is 2.67 bits per heavy atom. The second-order valence-corrected chi connectivity index (χ2v) is 3.55. The first-order valence-electron chi connectivity index (χ1n) is 5.36. The van der Waals surface area contributed by atoms with Crippen LogP contribution >= 0.6 is 0 Å². The van der Waals surface area contributed by atoms with Gasteiger partial charge in [-0.15, -0.1) is 0 Å². The summed E-state index contributed by atoms with van der Waals surface area (Å²) in [4.78, 5) is 0. The highest BCUT2D eigenvalue weighted by molar-refractivity contribution is 5.15. The maximum atomic E-state index is 9.20. The van der Waals surface area contributed by atoms with Crippen molar-refractivity contribution in [3.05, 3.63) is 48.0 Å². The van der Waals surface area contributed by atoms with Crippen molar-refractivity contribution in [3.63, 3.8) is 0 Å². The van der Waals surface area contributed by atoms with Gasteiger partial charge < -0.3 is 10.4 Å². The molecule has 0 spiro atoms. The zero-order valence-electron chi connectivity index (χ0n) is 9.19. The Hall–Kier alpha value is -1.12. The number of hydrogen-bond donors (Lipinski definition) is 2. The Kier molecular flexibility index (Phi) is 5.74. The van der Waals surface area contributed by atoms with E-state index in [-0.39, 0.29) is 12.6 Å². The molecule has 0 aliphatic rings. The third-order valence-corrected chi connectivity index (χ3v) is 2.31. The minimum Gasteiger partial charge on any atom is -0.395 e. The lowest BCUT2D eigenvalue weighted by Crippen LogP contribution is -2.34. The molecule has 0 bridgehead atoms. The van der Waals surface area contributed by atoms with Crippen LogP contribution in [0.4, 0.5) is 0 Å². The molecule has 1 aromatic carbocycles. The van der Waals surface area contributed by atoms with Crippen LogP contribution in [-0.2, 0) is 6.42 Å². The van der Waals surface area contributed by atoms with Crippen molar-refractivity contribution in [2.75, 3.05) is 13.2 Å². The second-order valence-electron chi connectivity index (χ2n) is 3.55. The fourth-order valence-corrected chi connectivity index (χ4v) is 1.45. The Labute approximate surface area is 91.6 Å². The molecule has 82 valence electrons. The summed E-state index contributed by atoms with van der Waals surface area (Å²) >= 11 is 0. The van der Waals surface area contributed by atoms with Gasteiger partial charge in [0.25, 0.3) is 0 Å². The largest absolute Gasteiger partial charge is 0.395 e. The van der Waals surface area contributed by atoms with Crippen LogP contribution in [0.15, 0.2) is 42.5 Å². The zero-order valence-corrected chi connectivity index (χ0v) is 9.19. The molecule has 0 heterocycles. The van der Waals surface area contributed by atoms with Crippen LogP contribution in [0.25, 0.3) is 0 Å². The van der Waals surface area contributed by atoms with Crippen LogP contribution in [0.2, 0.25) is 0 Å². The summed E-state index contributed by atoms with van der Waals surface area (Å²) in [5, 5.41) is 12.5. The summed E-state index contributed by atoms with van der Waals surface area (Å²) in [6.45, 7) is 2.98. The molecule has 0 aliphatic heterocycles. The van der Waals surface area contributed by atoms with Crippen molar-refractivity contribution in [1.82, 2.24) is 5.32 Å². The minimum atomic E-state index is 0.142. The van der Waals surface area contributed by atoms with Gasteiger partial charge in [0.1, 0.15) is 0 Å². The number of allylic oxidation sites excluding steroid dienone is 1. The molecule has 2 N–H and O–H groups in total. The van der Waals surface area contributed by atoms with Gasteiger partial charge in [0.2, 0.25) is 0 Å². The quantitative estimate of drug-likeness (QED) is 0.694. The lowest BCUT2D eigenvalue weighted by molar-refractivity contribution is 0.245. The smallest absolute Gasteiger partial charge is 0.0587 e. The van der Waals surface area contributed by atoms with E-state index in [0.717, 1.165) is 13.0 Å². The molecule has 0 radical (unpaired) electrons. The van der Waals surface area contributed by atoms with Crippen molar-refractivity contribution in [2.24, 2.45) is 0 Å².